The lowest BCUT2D eigenvalue weighted by Gasteiger charge is -2.69. The van der Waals surface area contributed by atoms with E-state index in [1.54, 1.807) is 13.2 Å². The van der Waals surface area contributed by atoms with Gasteiger partial charge in [0.05, 0.1) is 25.7 Å². The number of aromatic hydroxyl groups is 1. The average Bonchev–Trinajstić information content (AvgIpc) is 2.93. The number of esters is 1. The molecule has 6 atom stereocenters. The van der Waals surface area contributed by atoms with E-state index in [-0.39, 0.29) is 46.0 Å². The molecule has 1 aromatic rings. The molecule has 0 aliphatic heterocycles. The Morgan fingerprint density at radius 2 is 1.71 bits per heavy atom. The van der Waals surface area contributed by atoms with E-state index in [9.17, 15) is 14.7 Å². The number of fused-ring (bicyclic) bond motifs is 7. The molecule has 0 saturated heterocycles. The van der Waals surface area contributed by atoms with E-state index in [0.29, 0.717) is 36.0 Å². The van der Waals surface area contributed by atoms with Crippen molar-refractivity contribution >= 4 is 11.8 Å². The number of hydrogen-bond donors (Lipinski definition) is 1. The smallest absolute Gasteiger partial charge is 0.311 e. The Balaban J connectivity index is 1.54. The van der Waals surface area contributed by atoms with E-state index in [1.807, 2.05) is 13.0 Å². The van der Waals surface area contributed by atoms with Gasteiger partial charge in [0.25, 0.3) is 0 Å². The lowest BCUT2D eigenvalue weighted by molar-refractivity contribution is -0.179. The Morgan fingerprint density at radius 1 is 1.00 bits per heavy atom. The molecule has 0 spiro atoms. The van der Waals surface area contributed by atoms with Crippen LogP contribution in [-0.2, 0) is 24.4 Å². The number of carbonyl (C=O) groups is 2. The Labute approximate surface area is 245 Å². The van der Waals surface area contributed by atoms with Crippen LogP contribution in [0.3, 0.4) is 0 Å². The molecular weight excluding hydrogens is 520 g/mol. The van der Waals surface area contributed by atoms with Crippen LogP contribution in [0.25, 0.3) is 0 Å². The number of allylic oxidation sites excluding steroid dienone is 2. The van der Waals surface area contributed by atoms with E-state index in [0.717, 1.165) is 50.5 Å². The molecule has 6 unspecified atom stereocenters. The van der Waals surface area contributed by atoms with Gasteiger partial charge in [-0.05, 0) is 104 Å². The number of carbonyl (C=O) groups excluding carboxylic acids is 2. The fraction of sp³-hybridized carbons (Fsp3) is 0.706. The van der Waals surface area contributed by atoms with Gasteiger partial charge in [-0.2, -0.15) is 0 Å². The summed E-state index contributed by atoms with van der Waals surface area (Å²) >= 11 is 0. The number of methoxy groups -OCH3 is 2. The molecule has 7 nitrogen and oxygen atoms in total. The second-order valence-corrected chi connectivity index (χ2v) is 14.4. The highest BCUT2D eigenvalue weighted by Crippen LogP contribution is 2.74. The zero-order valence-corrected chi connectivity index (χ0v) is 26.2. The Hall–Kier alpha value is -2.38. The first-order valence-corrected chi connectivity index (χ1v) is 15.1. The van der Waals surface area contributed by atoms with Crippen molar-refractivity contribution in [1.29, 1.82) is 0 Å². The summed E-state index contributed by atoms with van der Waals surface area (Å²) in [6.07, 6.45) is 8.50. The normalized spacial score (nSPS) is 37.7. The summed E-state index contributed by atoms with van der Waals surface area (Å²) in [4.78, 5) is 26.9. The average molecular weight is 569 g/mol. The topological polar surface area (TPSA) is 91.3 Å². The van der Waals surface area contributed by atoms with Gasteiger partial charge in [0.2, 0.25) is 0 Å². The maximum Gasteiger partial charge on any atom is 0.311 e. The van der Waals surface area contributed by atoms with Crippen molar-refractivity contribution in [2.45, 2.75) is 91.9 Å². The van der Waals surface area contributed by atoms with Crippen molar-refractivity contribution < 1.29 is 33.6 Å². The highest BCUT2D eigenvalue weighted by atomic mass is 16.7. The molecule has 0 aromatic heterocycles. The largest absolute Gasteiger partial charge is 0.504 e. The minimum Gasteiger partial charge on any atom is -0.504 e. The van der Waals surface area contributed by atoms with Gasteiger partial charge in [-0.25, -0.2) is 0 Å². The summed E-state index contributed by atoms with van der Waals surface area (Å²) in [6, 6.07) is 1.76. The van der Waals surface area contributed by atoms with Gasteiger partial charge in [-0.15, -0.1) is 0 Å². The maximum absolute atomic E-state index is 14.0. The summed E-state index contributed by atoms with van der Waals surface area (Å²) in [5, 5.41) is 11.1. The number of phenolic OH excluding ortho intramolecular Hbond substituents is 1. The summed E-state index contributed by atoms with van der Waals surface area (Å²) < 4.78 is 21.5. The maximum atomic E-state index is 14.0. The summed E-state index contributed by atoms with van der Waals surface area (Å²) in [5.74, 6) is 0.516. The second-order valence-electron chi connectivity index (χ2n) is 14.4. The minimum atomic E-state index is -0.489. The van der Waals surface area contributed by atoms with Crippen LogP contribution in [0.4, 0.5) is 0 Å². The predicted octanol–water partition coefficient (Wildman–Crippen LogP) is 6.67. The molecular formula is C34H48O7. The molecule has 4 aliphatic carbocycles. The van der Waals surface area contributed by atoms with Crippen molar-refractivity contribution in [3.8, 4) is 11.5 Å². The fourth-order valence-electron chi connectivity index (χ4n) is 9.43. The van der Waals surface area contributed by atoms with Gasteiger partial charge >= 0.3 is 5.97 Å². The van der Waals surface area contributed by atoms with Gasteiger partial charge in [0, 0.05) is 23.7 Å². The molecule has 4 aliphatic rings. The Morgan fingerprint density at radius 3 is 2.39 bits per heavy atom. The third-order valence-corrected chi connectivity index (χ3v) is 12.3. The SMILES string of the molecule is COCCOCOc1c(O)cc2c(c1C)C(=O)C=C1C2(C)CCC2(C)C3CC(C)(C(=O)OC)CCC3(C)CCC12C. The van der Waals surface area contributed by atoms with Gasteiger partial charge in [0.15, 0.2) is 24.1 Å². The van der Waals surface area contributed by atoms with E-state index in [1.165, 1.54) is 12.7 Å². The molecule has 226 valence electrons. The number of rotatable bonds is 7. The van der Waals surface area contributed by atoms with E-state index < -0.39 is 5.41 Å². The van der Waals surface area contributed by atoms with Gasteiger partial charge < -0.3 is 24.1 Å². The summed E-state index contributed by atoms with van der Waals surface area (Å²) in [6.45, 7) is 14.2. The standard InChI is InChI=1S/C34H48O7/c1-21-27-22(17-24(36)28(21)41-20-40-16-15-38-7)32(4)12-14-34(6)26-19-31(3,29(37)39-8)10-9-30(26,2)11-13-33(34,5)25(32)18-23(27)35/h17-18,26,36H,9-16,19-20H2,1-8H3. The van der Waals surface area contributed by atoms with Crippen molar-refractivity contribution in [2.24, 2.45) is 27.6 Å². The monoisotopic (exact) mass is 568 g/mol. The van der Waals surface area contributed by atoms with Crippen LogP contribution >= 0.6 is 0 Å². The highest BCUT2D eigenvalue weighted by molar-refractivity contribution is 6.10. The minimum absolute atomic E-state index is 0.0303. The first-order chi connectivity index (χ1) is 19.2. The third-order valence-electron chi connectivity index (χ3n) is 12.3. The molecule has 3 saturated carbocycles. The number of ketones is 1. The van der Waals surface area contributed by atoms with E-state index in [4.69, 9.17) is 18.9 Å². The summed E-state index contributed by atoms with van der Waals surface area (Å²) in [7, 11) is 3.10. The number of benzene rings is 1. The van der Waals surface area contributed by atoms with Gasteiger partial charge in [0.1, 0.15) is 0 Å². The molecule has 5 rings (SSSR count). The lowest BCUT2D eigenvalue weighted by Crippen LogP contribution is -2.62. The number of phenols is 1. The first kappa shape index (κ1) is 30.1. The lowest BCUT2D eigenvalue weighted by atomic mass is 9.34. The number of hydrogen-bond acceptors (Lipinski definition) is 7. The van der Waals surface area contributed by atoms with Crippen LogP contribution in [0.2, 0.25) is 0 Å². The van der Waals surface area contributed by atoms with Crippen LogP contribution < -0.4 is 4.74 Å². The van der Waals surface area contributed by atoms with Gasteiger partial charge in [-0.1, -0.05) is 27.7 Å². The van der Waals surface area contributed by atoms with Crippen LogP contribution in [-0.4, -0.2) is 51.1 Å². The van der Waals surface area contributed by atoms with Crippen LogP contribution in [0.15, 0.2) is 17.7 Å². The molecule has 1 N–H and O–H groups in total. The Kier molecular flexibility index (Phi) is 7.42. The van der Waals surface area contributed by atoms with Crippen LogP contribution in [0, 0.1) is 34.5 Å². The quantitative estimate of drug-likeness (QED) is 0.223. The van der Waals surface area contributed by atoms with Crippen molar-refractivity contribution in [3.05, 3.63) is 34.4 Å². The zero-order valence-electron chi connectivity index (χ0n) is 26.2. The van der Waals surface area contributed by atoms with E-state index >= 15 is 0 Å². The van der Waals surface area contributed by atoms with Crippen molar-refractivity contribution in [3.63, 3.8) is 0 Å². The molecule has 0 amide bonds. The van der Waals surface area contributed by atoms with E-state index in [2.05, 4.69) is 34.6 Å². The fourth-order valence-corrected chi connectivity index (χ4v) is 9.43. The second kappa shape index (κ2) is 10.1. The summed E-state index contributed by atoms with van der Waals surface area (Å²) in [5.41, 5.74) is 2.31. The molecule has 41 heavy (non-hydrogen) atoms. The first-order valence-electron chi connectivity index (χ1n) is 15.1. The van der Waals surface area contributed by atoms with Crippen LogP contribution in [0.1, 0.15) is 101 Å². The highest BCUT2D eigenvalue weighted by Gasteiger charge is 2.67. The van der Waals surface area contributed by atoms with Crippen LogP contribution in [0.5, 0.6) is 11.5 Å². The molecule has 1 aromatic carbocycles. The third kappa shape index (κ3) is 4.28. The van der Waals surface area contributed by atoms with Gasteiger partial charge in [-0.3, -0.25) is 9.59 Å². The molecule has 0 bridgehead atoms. The number of ether oxygens (including phenoxy) is 4. The Bertz CT molecular complexity index is 1280. The molecule has 0 heterocycles. The van der Waals surface area contributed by atoms with Crippen molar-refractivity contribution in [1.82, 2.24) is 0 Å². The zero-order chi connectivity index (χ0) is 30.0. The predicted molar refractivity (Wildman–Crippen MR) is 156 cm³/mol. The van der Waals surface area contributed by atoms with Crippen molar-refractivity contribution in [2.75, 3.05) is 34.2 Å². The molecule has 0 radical (unpaired) electrons. The molecule has 3 fully saturated rings. The molecule has 7 heteroatoms.